The fourth-order valence-electron chi connectivity index (χ4n) is 7.56. The van der Waals surface area contributed by atoms with Gasteiger partial charge in [0.1, 0.15) is 5.82 Å². The minimum atomic E-state index is 0.944. The largest absolute Gasteiger partial charge is 0.292 e. The van der Waals surface area contributed by atoms with Crippen molar-refractivity contribution >= 4 is 64.1 Å². The number of hydrogen-bond donors (Lipinski definition) is 0. The standard InChI is InChI=1S/C45H28N2S/c1-2-13-30(14-3-1)45-46-38-21-9-10-22-39(38)47(45)31-27-25-29(26-28-31)42-32-15-4-6-17-34(32)43(35-18-7-5-16-33(35)42)37-20-12-24-41-44(37)36-19-8-11-23-40(36)48-41/h1-28H. The summed E-state index contributed by atoms with van der Waals surface area (Å²) >= 11 is 1.88. The van der Waals surface area contributed by atoms with Crippen molar-refractivity contribution in [2.24, 2.45) is 0 Å². The molecule has 0 aliphatic heterocycles. The molecule has 48 heavy (non-hydrogen) atoms. The Morgan fingerprint density at radius 3 is 1.73 bits per heavy atom. The summed E-state index contributed by atoms with van der Waals surface area (Å²) in [5.41, 5.74) is 9.32. The molecule has 3 heteroatoms. The van der Waals surface area contributed by atoms with Gasteiger partial charge < -0.3 is 0 Å². The highest BCUT2D eigenvalue weighted by Gasteiger charge is 2.20. The maximum absolute atomic E-state index is 5.06. The SMILES string of the molecule is c1ccc(-c2nc3ccccc3n2-c2ccc(-c3c4ccccc4c(-c4cccc5sc6ccccc6c45)c4ccccc34)cc2)cc1. The van der Waals surface area contributed by atoms with Crippen molar-refractivity contribution in [2.45, 2.75) is 0 Å². The highest BCUT2D eigenvalue weighted by molar-refractivity contribution is 7.25. The van der Waals surface area contributed by atoms with E-state index in [9.17, 15) is 0 Å². The zero-order valence-corrected chi connectivity index (χ0v) is 26.8. The van der Waals surface area contributed by atoms with Crippen LogP contribution in [0.2, 0.25) is 0 Å². The molecule has 2 heterocycles. The molecule has 0 saturated heterocycles. The van der Waals surface area contributed by atoms with Gasteiger partial charge in [-0.15, -0.1) is 11.3 Å². The summed E-state index contributed by atoms with van der Waals surface area (Å²) in [4.78, 5) is 5.06. The second kappa shape index (κ2) is 10.8. The third-order valence-electron chi connectivity index (χ3n) is 9.61. The first-order valence-corrected chi connectivity index (χ1v) is 17.1. The van der Waals surface area contributed by atoms with Gasteiger partial charge in [-0.2, -0.15) is 0 Å². The van der Waals surface area contributed by atoms with Crippen LogP contribution in [0.5, 0.6) is 0 Å². The topological polar surface area (TPSA) is 17.8 Å². The summed E-state index contributed by atoms with van der Waals surface area (Å²) in [6, 6.07) is 61.3. The van der Waals surface area contributed by atoms with E-state index in [4.69, 9.17) is 4.98 Å². The predicted molar refractivity (Wildman–Crippen MR) is 205 cm³/mol. The number of para-hydroxylation sites is 2. The number of thiophene rings is 1. The molecule has 2 nitrogen and oxygen atoms in total. The third kappa shape index (κ3) is 4.08. The smallest absolute Gasteiger partial charge is 0.145 e. The predicted octanol–water partition coefficient (Wildman–Crippen LogP) is 12.7. The number of imidazole rings is 1. The van der Waals surface area contributed by atoms with E-state index in [2.05, 4.69) is 168 Å². The van der Waals surface area contributed by atoms with Crippen molar-refractivity contribution in [3.63, 3.8) is 0 Å². The normalized spacial score (nSPS) is 11.8. The summed E-state index contributed by atoms with van der Waals surface area (Å²) < 4.78 is 4.93. The van der Waals surface area contributed by atoms with Crippen LogP contribution < -0.4 is 0 Å². The average molecular weight is 629 g/mol. The molecule has 0 saturated carbocycles. The number of benzene rings is 8. The third-order valence-corrected chi connectivity index (χ3v) is 10.7. The van der Waals surface area contributed by atoms with Crippen LogP contribution in [0, 0.1) is 0 Å². The lowest BCUT2D eigenvalue weighted by Crippen LogP contribution is -1.98. The fraction of sp³-hybridized carbons (Fsp3) is 0. The van der Waals surface area contributed by atoms with E-state index in [-0.39, 0.29) is 0 Å². The van der Waals surface area contributed by atoms with Gasteiger partial charge in [-0.3, -0.25) is 4.57 Å². The number of rotatable bonds is 4. The summed E-state index contributed by atoms with van der Waals surface area (Å²) in [5.74, 6) is 0.944. The lowest BCUT2D eigenvalue weighted by Gasteiger charge is -2.19. The van der Waals surface area contributed by atoms with E-state index in [1.54, 1.807) is 0 Å². The van der Waals surface area contributed by atoms with Crippen LogP contribution in [0.25, 0.3) is 92.1 Å². The van der Waals surface area contributed by atoms with Gasteiger partial charge in [0.05, 0.1) is 11.0 Å². The van der Waals surface area contributed by atoms with Gasteiger partial charge >= 0.3 is 0 Å². The van der Waals surface area contributed by atoms with Crippen molar-refractivity contribution in [2.75, 3.05) is 0 Å². The number of fused-ring (bicyclic) bond motifs is 6. The lowest BCUT2D eigenvalue weighted by molar-refractivity contribution is 1.10. The van der Waals surface area contributed by atoms with Gasteiger partial charge in [-0.25, -0.2) is 4.98 Å². The van der Waals surface area contributed by atoms with E-state index < -0.39 is 0 Å². The first-order chi connectivity index (χ1) is 23.8. The molecule has 224 valence electrons. The Balaban J connectivity index is 1.21. The summed E-state index contributed by atoms with van der Waals surface area (Å²) in [5, 5.41) is 7.72. The molecule has 0 atom stereocenters. The second-order valence-electron chi connectivity index (χ2n) is 12.3. The lowest BCUT2D eigenvalue weighted by atomic mass is 9.85. The molecule has 0 radical (unpaired) electrons. The van der Waals surface area contributed by atoms with Crippen LogP contribution in [0.1, 0.15) is 0 Å². The van der Waals surface area contributed by atoms with E-state index in [0.29, 0.717) is 0 Å². The van der Waals surface area contributed by atoms with Crippen LogP contribution >= 0.6 is 11.3 Å². The molecular weight excluding hydrogens is 601 g/mol. The molecule has 0 fully saturated rings. The molecule has 0 unspecified atom stereocenters. The molecule has 8 aromatic carbocycles. The number of aromatic nitrogens is 2. The molecule has 0 amide bonds. The molecular formula is C45H28N2S. The van der Waals surface area contributed by atoms with Crippen LogP contribution in [0.15, 0.2) is 170 Å². The minimum Gasteiger partial charge on any atom is -0.292 e. The monoisotopic (exact) mass is 628 g/mol. The Hall–Kier alpha value is -6.03. The summed E-state index contributed by atoms with van der Waals surface area (Å²) in [6.45, 7) is 0. The molecule has 0 aliphatic rings. The van der Waals surface area contributed by atoms with Gasteiger partial charge in [0.25, 0.3) is 0 Å². The molecule has 10 aromatic rings. The van der Waals surface area contributed by atoms with Crippen LogP contribution in [0.4, 0.5) is 0 Å². The molecule has 2 aromatic heterocycles. The Bertz CT molecular complexity index is 2770. The van der Waals surface area contributed by atoms with Crippen molar-refractivity contribution in [1.82, 2.24) is 9.55 Å². The Kier molecular flexibility index (Phi) is 6.08. The van der Waals surface area contributed by atoms with Crippen molar-refractivity contribution in [3.05, 3.63) is 170 Å². The van der Waals surface area contributed by atoms with Gasteiger partial charge in [-0.1, -0.05) is 133 Å². The highest BCUT2D eigenvalue weighted by atomic mass is 32.1. The van der Waals surface area contributed by atoms with E-state index in [0.717, 1.165) is 28.1 Å². The summed E-state index contributed by atoms with van der Waals surface area (Å²) in [7, 11) is 0. The highest BCUT2D eigenvalue weighted by Crippen LogP contribution is 2.47. The Morgan fingerprint density at radius 2 is 1.00 bits per heavy atom. The first kappa shape index (κ1) is 27.1. The van der Waals surface area contributed by atoms with Crippen LogP contribution in [-0.4, -0.2) is 9.55 Å². The zero-order valence-electron chi connectivity index (χ0n) is 26.0. The van der Waals surface area contributed by atoms with Gasteiger partial charge in [0, 0.05) is 31.4 Å². The van der Waals surface area contributed by atoms with Crippen LogP contribution in [-0.2, 0) is 0 Å². The maximum atomic E-state index is 5.06. The zero-order chi connectivity index (χ0) is 31.6. The second-order valence-corrected chi connectivity index (χ2v) is 13.4. The van der Waals surface area contributed by atoms with E-state index in [1.807, 2.05) is 17.4 Å². The fourth-order valence-corrected chi connectivity index (χ4v) is 8.69. The number of hydrogen-bond acceptors (Lipinski definition) is 2. The Morgan fingerprint density at radius 1 is 0.417 bits per heavy atom. The van der Waals surface area contributed by atoms with Gasteiger partial charge in [-0.05, 0) is 80.2 Å². The maximum Gasteiger partial charge on any atom is 0.145 e. The van der Waals surface area contributed by atoms with Crippen LogP contribution in [0.3, 0.4) is 0 Å². The first-order valence-electron chi connectivity index (χ1n) is 16.3. The van der Waals surface area contributed by atoms with Crippen molar-refractivity contribution < 1.29 is 0 Å². The average Bonchev–Trinajstić information content (AvgIpc) is 3.74. The number of nitrogens with zero attached hydrogens (tertiary/aromatic N) is 2. The van der Waals surface area contributed by atoms with Gasteiger partial charge in [0.15, 0.2) is 0 Å². The van der Waals surface area contributed by atoms with Crippen molar-refractivity contribution in [1.29, 1.82) is 0 Å². The van der Waals surface area contributed by atoms with Gasteiger partial charge in [0.2, 0.25) is 0 Å². The van der Waals surface area contributed by atoms with E-state index in [1.165, 1.54) is 64.0 Å². The van der Waals surface area contributed by atoms with Crippen molar-refractivity contribution in [3.8, 4) is 39.3 Å². The molecule has 0 spiro atoms. The minimum absolute atomic E-state index is 0.944. The molecule has 0 N–H and O–H groups in total. The Labute approximate surface area is 281 Å². The molecule has 0 aliphatic carbocycles. The molecule has 10 rings (SSSR count). The quantitative estimate of drug-likeness (QED) is 0.177. The molecule has 0 bridgehead atoms. The summed E-state index contributed by atoms with van der Waals surface area (Å²) in [6.07, 6.45) is 0. The van der Waals surface area contributed by atoms with E-state index >= 15 is 0 Å².